The van der Waals surface area contributed by atoms with Gasteiger partial charge in [-0.25, -0.2) is 0 Å². The molecule has 8 nitrogen and oxygen atoms in total. The standard InChI is InChI=1S/C22H23N5O3/c1-15(28)27-11-8-16(9-12-27)22(29)24-19-7-3-2-5-17(19)13-20-25-21(26-30-20)18-6-4-10-23-14-18/h2-7,10,14,16H,8-9,11-13H2,1H3,(H,24,29). The molecule has 2 aromatic heterocycles. The van der Waals surface area contributed by atoms with E-state index >= 15 is 0 Å². The van der Waals surface area contributed by atoms with E-state index in [2.05, 4.69) is 20.4 Å². The lowest BCUT2D eigenvalue weighted by Crippen LogP contribution is -2.40. The fourth-order valence-corrected chi connectivity index (χ4v) is 3.59. The summed E-state index contributed by atoms with van der Waals surface area (Å²) in [4.78, 5) is 34.5. The highest BCUT2D eigenvalue weighted by Gasteiger charge is 2.26. The number of amides is 2. The lowest BCUT2D eigenvalue weighted by molar-refractivity contribution is -0.132. The maximum Gasteiger partial charge on any atom is 0.231 e. The second-order valence-corrected chi connectivity index (χ2v) is 7.36. The Labute approximate surface area is 174 Å². The summed E-state index contributed by atoms with van der Waals surface area (Å²) < 4.78 is 5.39. The van der Waals surface area contributed by atoms with E-state index in [1.54, 1.807) is 24.2 Å². The molecule has 0 atom stereocenters. The van der Waals surface area contributed by atoms with Gasteiger partial charge in [-0.3, -0.25) is 14.6 Å². The normalized spacial score (nSPS) is 14.5. The summed E-state index contributed by atoms with van der Waals surface area (Å²) in [6.45, 7) is 2.80. The van der Waals surface area contributed by atoms with E-state index in [0.29, 0.717) is 44.1 Å². The molecule has 3 heterocycles. The van der Waals surface area contributed by atoms with E-state index in [-0.39, 0.29) is 17.7 Å². The minimum atomic E-state index is -0.103. The number of anilines is 1. The van der Waals surface area contributed by atoms with E-state index in [1.807, 2.05) is 36.4 Å². The van der Waals surface area contributed by atoms with Crippen molar-refractivity contribution in [3.63, 3.8) is 0 Å². The monoisotopic (exact) mass is 405 g/mol. The molecule has 0 bridgehead atoms. The zero-order chi connectivity index (χ0) is 20.9. The summed E-state index contributed by atoms with van der Waals surface area (Å²) in [5.41, 5.74) is 2.41. The first kappa shape index (κ1) is 19.8. The Morgan fingerprint density at radius 2 is 1.97 bits per heavy atom. The van der Waals surface area contributed by atoms with Gasteiger partial charge in [-0.05, 0) is 36.6 Å². The molecule has 1 aromatic carbocycles. The Hall–Kier alpha value is -3.55. The van der Waals surface area contributed by atoms with Gasteiger partial charge in [0.2, 0.25) is 23.5 Å². The van der Waals surface area contributed by atoms with Gasteiger partial charge < -0.3 is 14.7 Å². The van der Waals surface area contributed by atoms with Crippen molar-refractivity contribution >= 4 is 17.5 Å². The fraction of sp³-hybridized carbons (Fsp3) is 0.318. The number of pyridine rings is 1. The molecule has 1 N–H and O–H groups in total. The Bertz CT molecular complexity index is 1030. The Balaban J connectivity index is 1.43. The molecule has 0 radical (unpaired) electrons. The molecule has 0 unspecified atom stereocenters. The van der Waals surface area contributed by atoms with Crippen molar-refractivity contribution in [3.8, 4) is 11.4 Å². The molecular formula is C22H23N5O3. The Morgan fingerprint density at radius 3 is 2.70 bits per heavy atom. The fourth-order valence-electron chi connectivity index (χ4n) is 3.59. The largest absolute Gasteiger partial charge is 0.343 e. The first-order chi connectivity index (χ1) is 14.6. The summed E-state index contributed by atoms with van der Waals surface area (Å²) in [6.07, 6.45) is 5.12. The van der Waals surface area contributed by atoms with Crippen molar-refractivity contribution in [2.24, 2.45) is 5.92 Å². The zero-order valence-corrected chi connectivity index (χ0v) is 16.7. The van der Waals surface area contributed by atoms with Gasteiger partial charge in [0, 0.05) is 49.6 Å². The van der Waals surface area contributed by atoms with Crippen LogP contribution in [0.2, 0.25) is 0 Å². The van der Waals surface area contributed by atoms with E-state index < -0.39 is 0 Å². The number of rotatable bonds is 5. The Kier molecular flexibility index (Phi) is 5.83. The summed E-state index contributed by atoms with van der Waals surface area (Å²) in [5, 5.41) is 7.06. The molecule has 154 valence electrons. The van der Waals surface area contributed by atoms with Gasteiger partial charge in [-0.15, -0.1) is 0 Å². The maximum absolute atomic E-state index is 12.8. The SMILES string of the molecule is CC(=O)N1CCC(C(=O)Nc2ccccc2Cc2nc(-c3cccnc3)no2)CC1. The molecule has 0 saturated carbocycles. The molecule has 2 amide bonds. The Morgan fingerprint density at radius 1 is 1.17 bits per heavy atom. The number of piperidine rings is 1. The van der Waals surface area contributed by atoms with Gasteiger partial charge in [0.15, 0.2) is 0 Å². The van der Waals surface area contributed by atoms with Crippen molar-refractivity contribution in [3.05, 3.63) is 60.2 Å². The van der Waals surface area contributed by atoms with E-state index in [0.717, 1.165) is 16.8 Å². The molecule has 1 fully saturated rings. The van der Waals surface area contributed by atoms with Gasteiger partial charge in [-0.2, -0.15) is 4.98 Å². The molecule has 3 aromatic rings. The third-order valence-electron chi connectivity index (χ3n) is 5.32. The predicted octanol–water partition coefficient (Wildman–Crippen LogP) is 2.92. The summed E-state index contributed by atoms with van der Waals surface area (Å²) in [7, 11) is 0. The van der Waals surface area contributed by atoms with E-state index in [4.69, 9.17) is 4.52 Å². The molecule has 4 rings (SSSR count). The number of para-hydroxylation sites is 1. The third-order valence-corrected chi connectivity index (χ3v) is 5.32. The summed E-state index contributed by atoms with van der Waals surface area (Å²) >= 11 is 0. The number of nitrogens with zero attached hydrogens (tertiary/aromatic N) is 4. The van der Waals surface area contributed by atoms with Crippen LogP contribution in [0.25, 0.3) is 11.4 Å². The van der Waals surface area contributed by atoms with Gasteiger partial charge in [0.25, 0.3) is 0 Å². The quantitative estimate of drug-likeness (QED) is 0.700. The minimum absolute atomic E-state index is 0.0211. The van der Waals surface area contributed by atoms with Crippen molar-refractivity contribution in [1.82, 2.24) is 20.0 Å². The average molecular weight is 405 g/mol. The molecular weight excluding hydrogens is 382 g/mol. The lowest BCUT2D eigenvalue weighted by atomic mass is 9.95. The van der Waals surface area contributed by atoms with Crippen LogP contribution in [0, 0.1) is 5.92 Å². The van der Waals surface area contributed by atoms with Crippen molar-refractivity contribution < 1.29 is 14.1 Å². The highest BCUT2D eigenvalue weighted by atomic mass is 16.5. The van der Waals surface area contributed by atoms with Crippen molar-refractivity contribution in [2.75, 3.05) is 18.4 Å². The van der Waals surface area contributed by atoms with Crippen LogP contribution in [0.5, 0.6) is 0 Å². The van der Waals surface area contributed by atoms with Crippen LogP contribution in [-0.2, 0) is 16.0 Å². The number of benzene rings is 1. The van der Waals surface area contributed by atoms with Gasteiger partial charge in [0.05, 0.1) is 6.42 Å². The van der Waals surface area contributed by atoms with Crippen LogP contribution in [0.4, 0.5) is 5.69 Å². The minimum Gasteiger partial charge on any atom is -0.343 e. The molecule has 0 spiro atoms. The summed E-state index contributed by atoms with van der Waals surface area (Å²) in [5.74, 6) is 0.882. The highest BCUT2D eigenvalue weighted by Crippen LogP contribution is 2.23. The number of aromatic nitrogens is 3. The second-order valence-electron chi connectivity index (χ2n) is 7.36. The third kappa shape index (κ3) is 4.53. The van der Waals surface area contributed by atoms with Crippen LogP contribution in [-0.4, -0.2) is 44.9 Å². The van der Waals surface area contributed by atoms with Crippen LogP contribution in [0.3, 0.4) is 0 Å². The predicted molar refractivity (Wildman–Crippen MR) is 110 cm³/mol. The van der Waals surface area contributed by atoms with E-state index in [9.17, 15) is 9.59 Å². The molecule has 8 heteroatoms. The first-order valence-electron chi connectivity index (χ1n) is 9.97. The highest BCUT2D eigenvalue weighted by molar-refractivity contribution is 5.93. The van der Waals surface area contributed by atoms with E-state index in [1.165, 1.54) is 0 Å². The van der Waals surface area contributed by atoms with Crippen LogP contribution in [0.1, 0.15) is 31.2 Å². The number of nitrogens with one attached hydrogen (secondary N) is 1. The lowest BCUT2D eigenvalue weighted by Gasteiger charge is -2.30. The topological polar surface area (TPSA) is 101 Å². The zero-order valence-electron chi connectivity index (χ0n) is 16.7. The number of hydrogen-bond donors (Lipinski definition) is 1. The van der Waals surface area contributed by atoms with Gasteiger partial charge >= 0.3 is 0 Å². The maximum atomic E-state index is 12.8. The van der Waals surface area contributed by atoms with Crippen LogP contribution in [0.15, 0.2) is 53.3 Å². The molecule has 0 aliphatic carbocycles. The van der Waals surface area contributed by atoms with Crippen LogP contribution >= 0.6 is 0 Å². The molecule has 30 heavy (non-hydrogen) atoms. The number of likely N-dealkylation sites (tertiary alicyclic amines) is 1. The van der Waals surface area contributed by atoms with Crippen LogP contribution < -0.4 is 5.32 Å². The van der Waals surface area contributed by atoms with Gasteiger partial charge in [-0.1, -0.05) is 23.4 Å². The second kappa shape index (κ2) is 8.86. The number of hydrogen-bond acceptors (Lipinski definition) is 6. The van der Waals surface area contributed by atoms with Gasteiger partial charge in [0.1, 0.15) is 0 Å². The molecule has 1 saturated heterocycles. The average Bonchev–Trinajstić information content (AvgIpc) is 3.24. The van der Waals surface area contributed by atoms with Crippen molar-refractivity contribution in [1.29, 1.82) is 0 Å². The van der Waals surface area contributed by atoms with Crippen molar-refractivity contribution in [2.45, 2.75) is 26.2 Å². The summed E-state index contributed by atoms with van der Waals surface area (Å²) in [6, 6.07) is 11.3. The number of carbonyl (C=O) groups excluding carboxylic acids is 2. The smallest absolute Gasteiger partial charge is 0.231 e. The number of carbonyl (C=O) groups is 2. The molecule has 1 aliphatic rings. The molecule has 1 aliphatic heterocycles. The first-order valence-corrected chi connectivity index (χ1v) is 9.97.